The van der Waals surface area contributed by atoms with E-state index in [1.54, 1.807) is 22.5 Å². The lowest BCUT2D eigenvalue weighted by Gasteiger charge is -2.27. The third-order valence-electron chi connectivity index (χ3n) is 5.33. The zero-order valence-corrected chi connectivity index (χ0v) is 18.0. The van der Waals surface area contributed by atoms with Crippen LogP contribution in [0.15, 0.2) is 39.4 Å². The summed E-state index contributed by atoms with van der Waals surface area (Å²) in [6, 6.07) is 7.75. The summed E-state index contributed by atoms with van der Waals surface area (Å²) < 4.78 is 11.5. The van der Waals surface area contributed by atoms with Crippen LogP contribution in [0, 0.1) is 19.3 Å². The molecule has 0 saturated heterocycles. The Hall–Kier alpha value is -2.60. The van der Waals surface area contributed by atoms with Crippen molar-refractivity contribution in [1.82, 2.24) is 4.90 Å². The number of fused-ring (bicyclic) bond motifs is 1. The monoisotopic (exact) mass is 411 g/mol. The summed E-state index contributed by atoms with van der Waals surface area (Å²) in [6.45, 7) is 8.76. The van der Waals surface area contributed by atoms with Crippen molar-refractivity contribution < 1.29 is 18.4 Å². The summed E-state index contributed by atoms with van der Waals surface area (Å²) in [6.07, 6.45) is 2.73. The van der Waals surface area contributed by atoms with E-state index in [0.717, 1.165) is 4.88 Å². The number of amides is 1. The molecule has 0 N–H and O–H groups in total. The number of hydrogen-bond donors (Lipinski definition) is 0. The smallest absolute Gasteiger partial charge is 0.290 e. The Kier molecular flexibility index (Phi) is 4.99. The van der Waals surface area contributed by atoms with Crippen LogP contribution in [0.2, 0.25) is 0 Å². The number of aryl methyl sites for hydroxylation is 1. The highest BCUT2D eigenvalue weighted by molar-refractivity contribution is 7.11. The van der Waals surface area contributed by atoms with Gasteiger partial charge in [-0.2, -0.15) is 0 Å². The minimum absolute atomic E-state index is 0.0583. The van der Waals surface area contributed by atoms with E-state index in [-0.39, 0.29) is 22.9 Å². The number of ketones is 1. The molecule has 5 nitrogen and oxygen atoms in total. The van der Waals surface area contributed by atoms with E-state index in [9.17, 15) is 9.59 Å². The second-order valence-corrected chi connectivity index (χ2v) is 9.92. The number of nitrogens with zero attached hydrogens (tertiary/aromatic N) is 1. The van der Waals surface area contributed by atoms with Crippen LogP contribution in [0.1, 0.15) is 68.0 Å². The van der Waals surface area contributed by atoms with Crippen LogP contribution in [-0.2, 0) is 19.5 Å². The fourth-order valence-electron chi connectivity index (χ4n) is 3.98. The predicted octanol–water partition coefficient (Wildman–Crippen LogP) is 5.55. The molecule has 29 heavy (non-hydrogen) atoms. The van der Waals surface area contributed by atoms with E-state index < -0.39 is 0 Å². The fraction of sp³-hybridized carbons (Fsp3) is 0.391. The molecule has 0 radical (unpaired) electrons. The van der Waals surface area contributed by atoms with Gasteiger partial charge < -0.3 is 13.7 Å². The molecule has 1 aliphatic rings. The van der Waals surface area contributed by atoms with Crippen LogP contribution in [0.5, 0.6) is 0 Å². The lowest BCUT2D eigenvalue weighted by atomic mass is 9.76. The van der Waals surface area contributed by atoms with Crippen LogP contribution in [0.4, 0.5) is 0 Å². The number of carbonyl (C=O) groups is 2. The van der Waals surface area contributed by atoms with E-state index >= 15 is 0 Å². The summed E-state index contributed by atoms with van der Waals surface area (Å²) in [7, 11) is 0. The van der Waals surface area contributed by atoms with Gasteiger partial charge in [0.05, 0.1) is 24.9 Å². The van der Waals surface area contributed by atoms with Crippen molar-refractivity contribution in [2.75, 3.05) is 0 Å². The molecule has 6 heteroatoms. The molecule has 3 aromatic heterocycles. The first-order valence-electron chi connectivity index (χ1n) is 9.76. The van der Waals surface area contributed by atoms with Gasteiger partial charge in [-0.15, -0.1) is 11.3 Å². The van der Waals surface area contributed by atoms with E-state index in [1.807, 2.05) is 38.1 Å². The van der Waals surface area contributed by atoms with Crippen molar-refractivity contribution in [3.63, 3.8) is 0 Å². The maximum atomic E-state index is 13.5. The van der Waals surface area contributed by atoms with Crippen LogP contribution in [0.3, 0.4) is 0 Å². The lowest BCUT2D eigenvalue weighted by Crippen LogP contribution is -2.30. The molecule has 0 bridgehead atoms. The van der Waals surface area contributed by atoms with Gasteiger partial charge in [-0.25, -0.2) is 0 Å². The number of Topliss-reactive ketones (excluding diaryl/α,β-unsaturated/α-hetero) is 1. The number of carbonyl (C=O) groups excluding carboxylic acids is 2. The molecular formula is C23H25NO4S. The zero-order valence-electron chi connectivity index (χ0n) is 17.2. The van der Waals surface area contributed by atoms with Crippen molar-refractivity contribution in [3.05, 3.63) is 68.7 Å². The largest absolute Gasteiger partial charge is 0.467 e. The molecule has 0 aliphatic heterocycles. The quantitative estimate of drug-likeness (QED) is 0.552. The maximum absolute atomic E-state index is 13.5. The van der Waals surface area contributed by atoms with E-state index in [2.05, 4.69) is 13.8 Å². The summed E-state index contributed by atoms with van der Waals surface area (Å²) in [5.74, 6) is 1.45. The summed E-state index contributed by atoms with van der Waals surface area (Å²) in [4.78, 5) is 30.2. The first-order chi connectivity index (χ1) is 13.7. The van der Waals surface area contributed by atoms with Crippen molar-refractivity contribution in [2.24, 2.45) is 5.41 Å². The zero-order chi connectivity index (χ0) is 20.8. The normalized spacial score (nSPS) is 15.4. The van der Waals surface area contributed by atoms with Crippen molar-refractivity contribution in [2.45, 2.75) is 53.6 Å². The minimum Gasteiger partial charge on any atom is -0.467 e. The lowest BCUT2D eigenvalue weighted by molar-refractivity contribution is 0.0681. The average molecular weight is 412 g/mol. The molecule has 1 aliphatic carbocycles. The molecule has 0 unspecified atom stereocenters. The van der Waals surface area contributed by atoms with Gasteiger partial charge in [-0.1, -0.05) is 13.8 Å². The van der Waals surface area contributed by atoms with Gasteiger partial charge in [0, 0.05) is 28.2 Å². The molecule has 0 saturated carbocycles. The third kappa shape index (κ3) is 3.94. The molecule has 3 heterocycles. The molecule has 1 amide bonds. The topological polar surface area (TPSA) is 63.7 Å². The second-order valence-electron chi connectivity index (χ2n) is 8.55. The molecule has 0 atom stereocenters. The maximum Gasteiger partial charge on any atom is 0.290 e. The first-order valence-corrected chi connectivity index (χ1v) is 10.6. The highest BCUT2D eigenvalue weighted by Crippen LogP contribution is 2.38. The van der Waals surface area contributed by atoms with Crippen LogP contribution < -0.4 is 0 Å². The first kappa shape index (κ1) is 19.7. The Bertz CT molecular complexity index is 1060. The van der Waals surface area contributed by atoms with Gasteiger partial charge in [-0.3, -0.25) is 9.59 Å². The van der Waals surface area contributed by atoms with Gasteiger partial charge in [0.1, 0.15) is 11.5 Å². The molecule has 152 valence electrons. The van der Waals surface area contributed by atoms with Crippen molar-refractivity contribution in [3.8, 4) is 0 Å². The van der Waals surface area contributed by atoms with Crippen LogP contribution in [-0.4, -0.2) is 16.6 Å². The molecule has 0 fully saturated rings. The number of furan rings is 2. The van der Waals surface area contributed by atoms with Gasteiger partial charge >= 0.3 is 0 Å². The summed E-state index contributed by atoms with van der Waals surface area (Å²) >= 11 is 1.66. The Balaban J connectivity index is 1.68. The number of hydrogen-bond acceptors (Lipinski definition) is 5. The number of thiophene rings is 1. The van der Waals surface area contributed by atoms with E-state index in [1.165, 1.54) is 4.88 Å². The van der Waals surface area contributed by atoms with E-state index in [0.29, 0.717) is 48.6 Å². The van der Waals surface area contributed by atoms with E-state index in [4.69, 9.17) is 8.83 Å². The van der Waals surface area contributed by atoms with Gasteiger partial charge in [0.2, 0.25) is 0 Å². The van der Waals surface area contributed by atoms with Crippen LogP contribution in [0.25, 0.3) is 0 Å². The standard InChI is InChI=1S/C23H25NO4S/c1-14-7-8-17(29-14)13-24(12-16-6-5-9-27-16)22(26)21-15(2)20-18(25)10-23(3,4)11-19(20)28-21/h5-9H,10-13H2,1-4H3. The SMILES string of the molecule is Cc1ccc(CN(Cc2ccco2)C(=O)c2oc3c(c2C)C(=O)CC(C)(C)C3)s1. The number of rotatable bonds is 5. The highest BCUT2D eigenvalue weighted by Gasteiger charge is 2.37. The Morgan fingerprint density at radius 3 is 2.62 bits per heavy atom. The second kappa shape index (κ2) is 7.34. The molecule has 0 aromatic carbocycles. The predicted molar refractivity (Wildman–Crippen MR) is 111 cm³/mol. The van der Waals surface area contributed by atoms with Gasteiger partial charge in [0.15, 0.2) is 11.5 Å². The van der Waals surface area contributed by atoms with Gasteiger partial charge in [0.25, 0.3) is 5.91 Å². The Labute approximate surface area is 174 Å². The fourth-order valence-corrected chi connectivity index (χ4v) is 4.88. The van der Waals surface area contributed by atoms with Crippen molar-refractivity contribution >= 4 is 23.0 Å². The third-order valence-corrected chi connectivity index (χ3v) is 6.31. The summed E-state index contributed by atoms with van der Waals surface area (Å²) in [5.41, 5.74) is 1.09. The summed E-state index contributed by atoms with van der Waals surface area (Å²) in [5, 5.41) is 0. The van der Waals surface area contributed by atoms with Crippen LogP contribution >= 0.6 is 11.3 Å². The molecule has 0 spiro atoms. The molecule has 4 rings (SSSR count). The highest BCUT2D eigenvalue weighted by atomic mass is 32.1. The minimum atomic E-state index is -0.218. The molecule has 3 aromatic rings. The van der Waals surface area contributed by atoms with Gasteiger partial charge in [-0.05, 0) is 43.5 Å². The van der Waals surface area contributed by atoms with Crippen molar-refractivity contribution in [1.29, 1.82) is 0 Å². The molecular weight excluding hydrogens is 386 g/mol. The Morgan fingerprint density at radius 1 is 1.17 bits per heavy atom. The Morgan fingerprint density at radius 2 is 1.97 bits per heavy atom. The average Bonchev–Trinajstić information content (AvgIpc) is 3.34.